The molecule has 0 bridgehead atoms. The number of aromatic nitrogens is 3. The Morgan fingerprint density at radius 3 is 1.66 bits per heavy atom. The third-order valence-corrected chi connectivity index (χ3v) is 12.5. The average molecular weight is 788 g/mol. The maximum Gasteiger partial charge on any atom is 0.252 e. The van der Waals surface area contributed by atoms with Crippen LogP contribution in [0.15, 0.2) is 182 Å². The number of rotatable bonds is 6. The van der Waals surface area contributed by atoms with E-state index < -0.39 is 0 Å². The normalized spacial score (nSPS) is 13.0. The van der Waals surface area contributed by atoms with Crippen molar-refractivity contribution < 1.29 is 0 Å². The summed E-state index contributed by atoms with van der Waals surface area (Å²) in [5, 5.41) is 0. The molecular weight excluding hydrogens is 741 g/mol. The monoisotopic (exact) mass is 787 g/mol. The summed E-state index contributed by atoms with van der Waals surface area (Å²) < 4.78 is 2.31. The number of anilines is 6. The van der Waals surface area contributed by atoms with E-state index in [1.165, 1.54) is 44.6 Å². The summed E-state index contributed by atoms with van der Waals surface area (Å²) in [6, 6.07) is 64.1. The van der Waals surface area contributed by atoms with Gasteiger partial charge in [0.15, 0.2) is 0 Å². The minimum atomic E-state index is -0.108. The van der Waals surface area contributed by atoms with Gasteiger partial charge in [0, 0.05) is 51.6 Å². The molecule has 0 atom stereocenters. The molecule has 4 heterocycles. The van der Waals surface area contributed by atoms with Crippen LogP contribution in [-0.4, -0.2) is 21.2 Å². The largest absolute Gasteiger partial charge is 0.311 e. The first kappa shape index (κ1) is 36.9. The molecule has 11 rings (SSSR count). The number of para-hydroxylation sites is 5. The Kier molecular flexibility index (Phi) is 8.61. The third kappa shape index (κ3) is 6.08. The lowest BCUT2D eigenvalue weighted by molar-refractivity contribution is 0.590. The lowest BCUT2D eigenvalue weighted by atomic mass is 9.33. The second-order valence-corrected chi connectivity index (χ2v) is 17.7. The predicted molar refractivity (Wildman–Crippen MR) is 257 cm³/mol. The van der Waals surface area contributed by atoms with Crippen LogP contribution in [0.4, 0.5) is 34.1 Å². The molecule has 2 aliphatic heterocycles. The molecule has 0 aliphatic carbocycles. The number of hydrogen-bond donors (Lipinski definition) is 0. The Morgan fingerprint density at radius 2 is 1.07 bits per heavy atom. The molecule has 5 nitrogen and oxygen atoms in total. The Morgan fingerprint density at radius 1 is 0.525 bits per heavy atom. The Hall–Kier alpha value is -7.18. The van der Waals surface area contributed by atoms with Crippen LogP contribution in [0.5, 0.6) is 0 Å². The highest BCUT2D eigenvalue weighted by Gasteiger charge is 2.44. The Labute approximate surface area is 358 Å². The highest BCUT2D eigenvalue weighted by atomic mass is 15.2. The molecular formula is C55H46BN5. The smallest absolute Gasteiger partial charge is 0.252 e. The van der Waals surface area contributed by atoms with Gasteiger partial charge in [-0.15, -0.1) is 0 Å². The number of nitrogens with zero attached hydrogens (tertiary/aromatic N) is 5. The van der Waals surface area contributed by atoms with Gasteiger partial charge in [-0.05, 0) is 135 Å². The van der Waals surface area contributed by atoms with E-state index in [0.29, 0.717) is 5.92 Å². The van der Waals surface area contributed by atoms with Crippen molar-refractivity contribution in [2.75, 3.05) is 9.80 Å². The Balaban J connectivity index is 1.24. The fraction of sp³-hybridized carbons (Fsp3) is 0.127. The van der Waals surface area contributed by atoms with Crippen molar-refractivity contribution in [1.29, 1.82) is 0 Å². The number of imidazole rings is 1. The summed E-state index contributed by atoms with van der Waals surface area (Å²) >= 11 is 0. The quantitative estimate of drug-likeness (QED) is 0.157. The van der Waals surface area contributed by atoms with Crippen LogP contribution in [0.25, 0.3) is 39.4 Å². The fourth-order valence-electron chi connectivity index (χ4n) is 9.47. The number of fused-ring (bicyclic) bond motifs is 5. The Bertz CT molecular complexity index is 3090. The molecule has 0 spiro atoms. The van der Waals surface area contributed by atoms with Gasteiger partial charge in [0.1, 0.15) is 5.82 Å². The van der Waals surface area contributed by atoms with Crippen LogP contribution in [-0.2, 0) is 5.41 Å². The molecule has 0 N–H and O–H groups in total. The van der Waals surface area contributed by atoms with E-state index in [1.807, 2.05) is 6.20 Å². The van der Waals surface area contributed by atoms with Crippen molar-refractivity contribution in [3.8, 4) is 28.3 Å². The molecule has 0 saturated heterocycles. The summed E-state index contributed by atoms with van der Waals surface area (Å²) in [7, 11) is 0. The molecule has 0 amide bonds. The van der Waals surface area contributed by atoms with E-state index in [-0.39, 0.29) is 12.1 Å². The molecule has 6 heteroatoms. The topological polar surface area (TPSA) is 37.2 Å². The first-order valence-electron chi connectivity index (χ1n) is 21.4. The third-order valence-electron chi connectivity index (χ3n) is 12.5. The maximum absolute atomic E-state index is 5.36. The standard InChI is InChI=1S/C55H46BN5/c1-36(2)37-29-30-57-47(33-37)38-25-27-48-44(31-38)56-45-32-39(54-58-46-23-15-16-24-50(46)61(54)43-21-13-8-14-22-43)26-28-49(45)60(42-19-11-7-12-20-42)52-35-40(55(3,4)5)34-51(53(52)56)59(48)41-17-9-6-10-18-41/h6-36H,1-5H3. The molecule has 7 aromatic carbocycles. The maximum atomic E-state index is 5.36. The fourth-order valence-corrected chi connectivity index (χ4v) is 9.47. The van der Waals surface area contributed by atoms with Gasteiger partial charge in [-0.1, -0.05) is 120 Å². The van der Waals surface area contributed by atoms with Crippen LogP contribution >= 0.6 is 0 Å². The van der Waals surface area contributed by atoms with Crippen LogP contribution in [0, 0.1) is 0 Å². The zero-order chi connectivity index (χ0) is 41.4. The van der Waals surface area contributed by atoms with E-state index >= 15 is 0 Å². The first-order chi connectivity index (χ1) is 29.7. The van der Waals surface area contributed by atoms with Gasteiger partial charge in [0.2, 0.25) is 0 Å². The second kappa shape index (κ2) is 14.2. The van der Waals surface area contributed by atoms with Crippen LogP contribution in [0.2, 0.25) is 0 Å². The highest BCUT2D eigenvalue weighted by Crippen LogP contribution is 2.47. The van der Waals surface area contributed by atoms with E-state index in [2.05, 4.69) is 225 Å². The average Bonchev–Trinajstić information content (AvgIpc) is 3.69. The van der Waals surface area contributed by atoms with Crippen LogP contribution in [0.1, 0.15) is 51.7 Å². The second-order valence-electron chi connectivity index (χ2n) is 17.7. The SMILES string of the molecule is CC(C)c1ccnc(-c2ccc3c(c2)B2c4cc(-c5nc6ccccc6n5-c5ccccc5)ccc4N(c4ccccc4)c4cc(C(C)(C)C)cc(c42)N3c2ccccc2)c1. The first-order valence-corrected chi connectivity index (χ1v) is 21.4. The lowest BCUT2D eigenvalue weighted by Gasteiger charge is -2.45. The van der Waals surface area contributed by atoms with E-state index in [4.69, 9.17) is 9.97 Å². The van der Waals surface area contributed by atoms with Crippen molar-refractivity contribution in [1.82, 2.24) is 14.5 Å². The van der Waals surface area contributed by atoms with Gasteiger partial charge in [0.05, 0.1) is 16.7 Å². The van der Waals surface area contributed by atoms with Crippen molar-refractivity contribution in [2.24, 2.45) is 0 Å². The van der Waals surface area contributed by atoms with Gasteiger partial charge in [-0.25, -0.2) is 4.98 Å². The summed E-state index contributed by atoms with van der Waals surface area (Å²) in [6.45, 7) is 11.4. The molecule has 2 aromatic heterocycles. The number of hydrogen-bond acceptors (Lipinski definition) is 4. The molecule has 0 radical (unpaired) electrons. The van der Waals surface area contributed by atoms with Crippen molar-refractivity contribution in [2.45, 2.75) is 46.0 Å². The molecule has 294 valence electrons. The van der Waals surface area contributed by atoms with E-state index in [1.54, 1.807) is 0 Å². The number of pyridine rings is 1. The van der Waals surface area contributed by atoms with E-state index in [0.717, 1.165) is 56.4 Å². The van der Waals surface area contributed by atoms with Crippen LogP contribution < -0.4 is 26.2 Å². The highest BCUT2D eigenvalue weighted by molar-refractivity contribution is 7.00. The number of benzene rings is 7. The summed E-state index contributed by atoms with van der Waals surface area (Å²) in [5.74, 6) is 1.31. The lowest BCUT2D eigenvalue weighted by Crippen LogP contribution is -2.61. The molecule has 0 fully saturated rings. The van der Waals surface area contributed by atoms with Gasteiger partial charge in [0.25, 0.3) is 6.71 Å². The summed E-state index contributed by atoms with van der Waals surface area (Å²) in [6.07, 6.45) is 1.96. The van der Waals surface area contributed by atoms with Crippen molar-refractivity contribution in [3.63, 3.8) is 0 Å². The van der Waals surface area contributed by atoms with E-state index in [9.17, 15) is 0 Å². The molecule has 0 unspecified atom stereocenters. The van der Waals surface area contributed by atoms with Crippen molar-refractivity contribution in [3.05, 3.63) is 193 Å². The summed E-state index contributed by atoms with van der Waals surface area (Å²) in [4.78, 5) is 15.3. The van der Waals surface area contributed by atoms with Gasteiger partial charge < -0.3 is 9.80 Å². The zero-order valence-electron chi connectivity index (χ0n) is 35.2. The summed E-state index contributed by atoms with van der Waals surface area (Å²) in [5.41, 5.74) is 19.5. The minimum Gasteiger partial charge on any atom is -0.311 e. The van der Waals surface area contributed by atoms with Gasteiger partial charge >= 0.3 is 0 Å². The predicted octanol–water partition coefficient (Wildman–Crippen LogP) is 12.3. The van der Waals surface area contributed by atoms with Gasteiger partial charge in [-0.3, -0.25) is 9.55 Å². The van der Waals surface area contributed by atoms with Crippen molar-refractivity contribution >= 4 is 68.3 Å². The van der Waals surface area contributed by atoms with Crippen LogP contribution in [0.3, 0.4) is 0 Å². The molecule has 61 heavy (non-hydrogen) atoms. The molecule has 2 aliphatic rings. The minimum absolute atomic E-state index is 0.0910. The molecule has 0 saturated carbocycles. The molecule has 9 aromatic rings. The zero-order valence-corrected chi connectivity index (χ0v) is 35.2. The van der Waals surface area contributed by atoms with Gasteiger partial charge in [-0.2, -0.15) is 0 Å².